The zero-order valence-corrected chi connectivity index (χ0v) is 21.5. The minimum atomic E-state index is -5.08. The van der Waals surface area contributed by atoms with E-state index in [1.807, 2.05) is 24.5 Å². The molecule has 240 valence electrons. The highest BCUT2D eigenvalue weighted by Crippen LogP contribution is 2.42. The monoisotopic (exact) mass is 646 g/mol. The van der Waals surface area contributed by atoms with Crippen molar-refractivity contribution in [3.05, 3.63) is 42.6 Å². The molecule has 0 saturated carbocycles. The molecule has 1 saturated heterocycles. The fourth-order valence-electron chi connectivity index (χ4n) is 3.40. The minimum Gasteiger partial charge on any atom is -0.475 e. The van der Waals surface area contributed by atoms with Crippen LogP contribution < -0.4 is 10.6 Å². The smallest absolute Gasteiger partial charge is 0.475 e. The summed E-state index contributed by atoms with van der Waals surface area (Å²) in [5, 5.41) is 28.3. The lowest BCUT2D eigenvalue weighted by molar-refractivity contribution is -0.193. The number of pyridine rings is 2. The molecular formula is C23H19F9N6O6. The Morgan fingerprint density at radius 2 is 1.36 bits per heavy atom. The third kappa shape index (κ3) is 9.81. The second kappa shape index (κ2) is 14.0. The van der Waals surface area contributed by atoms with Crippen LogP contribution in [0.15, 0.2) is 36.8 Å². The Morgan fingerprint density at radius 3 is 1.84 bits per heavy atom. The molecule has 0 bridgehead atoms. The van der Waals surface area contributed by atoms with Gasteiger partial charge in [-0.2, -0.15) is 39.5 Å². The highest BCUT2D eigenvalue weighted by molar-refractivity contribution is 5.94. The number of carbonyl (C=O) groups is 3. The van der Waals surface area contributed by atoms with Gasteiger partial charge in [0, 0.05) is 23.5 Å². The van der Waals surface area contributed by atoms with Gasteiger partial charge in [-0.15, -0.1) is 0 Å². The molecule has 2 aliphatic heterocycles. The number of halogens is 9. The summed E-state index contributed by atoms with van der Waals surface area (Å²) in [7, 11) is 0. The molecule has 1 atom stereocenters. The van der Waals surface area contributed by atoms with E-state index in [0.29, 0.717) is 6.04 Å². The lowest BCUT2D eigenvalue weighted by Gasteiger charge is -2.09. The van der Waals surface area contributed by atoms with Gasteiger partial charge in [-0.05, 0) is 37.6 Å². The number of nitrogens with one attached hydrogen (secondary N) is 3. The van der Waals surface area contributed by atoms with Crippen molar-refractivity contribution in [2.24, 2.45) is 0 Å². The third-order valence-electron chi connectivity index (χ3n) is 5.25. The zero-order chi connectivity index (χ0) is 33.5. The summed E-state index contributed by atoms with van der Waals surface area (Å²) < 4.78 is 95.2. The number of nitrogens with zero attached hydrogens (tertiary/aromatic N) is 3. The number of carboxylic acids is 3. The molecule has 44 heavy (non-hydrogen) atoms. The Labute approximate surface area is 239 Å². The molecule has 0 aromatic carbocycles. The maximum atomic E-state index is 10.6. The van der Waals surface area contributed by atoms with E-state index in [1.165, 1.54) is 6.42 Å². The van der Waals surface area contributed by atoms with Gasteiger partial charge in [0.05, 0.1) is 23.6 Å². The van der Waals surface area contributed by atoms with Crippen molar-refractivity contribution in [1.82, 2.24) is 25.3 Å². The van der Waals surface area contributed by atoms with Crippen LogP contribution >= 0.6 is 0 Å². The Bertz CT molecular complexity index is 1350. The molecule has 3 aromatic rings. The van der Waals surface area contributed by atoms with Crippen LogP contribution in [0.25, 0.3) is 22.5 Å². The van der Waals surface area contributed by atoms with Crippen LogP contribution in [-0.4, -0.2) is 78.2 Å². The van der Waals surface area contributed by atoms with E-state index in [0.717, 1.165) is 52.8 Å². The Kier molecular flexibility index (Phi) is 11.2. The molecule has 5 heterocycles. The van der Waals surface area contributed by atoms with Gasteiger partial charge < -0.3 is 30.9 Å². The predicted octanol–water partition coefficient (Wildman–Crippen LogP) is 4.92. The fourth-order valence-corrected chi connectivity index (χ4v) is 3.40. The molecule has 3 aromatic heterocycles. The maximum Gasteiger partial charge on any atom is 0.490 e. The number of alkyl halides is 9. The largest absolute Gasteiger partial charge is 0.490 e. The van der Waals surface area contributed by atoms with Gasteiger partial charge in [0.25, 0.3) is 0 Å². The molecule has 1 fully saturated rings. The molecular weight excluding hydrogens is 627 g/mol. The summed E-state index contributed by atoms with van der Waals surface area (Å²) in [6.07, 6.45) is -7.51. The Hall–Kier alpha value is -4.95. The molecule has 0 radical (unpaired) electrons. The number of hydrogen-bond donors (Lipinski definition) is 6. The number of fused-ring (bicyclic) bond motifs is 5. The van der Waals surface area contributed by atoms with Crippen LogP contribution in [-0.2, 0) is 14.4 Å². The molecule has 6 N–H and O–H groups in total. The number of carboxylic acid groups (broad SMARTS) is 3. The second-order valence-electron chi connectivity index (χ2n) is 8.35. The normalized spacial score (nSPS) is 15.1. The second-order valence-corrected chi connectivity index (χ2v) is 8.35. The molecule has 5 rings (SSSR count). The van der Waals surface area contributed by atoms with Crippen molar-refractivity contribution in [2.45, 2.75) is 37.4 Å². The average Bonchev–Trinajstić information content (AvgIpc) is 3.57. The minimum absolute atomic E-state index is 0.306. The number of anilines is 2. The summed E-state index contributed by atoms with van der Waals surface area (Å²) >= 11 is 0. The third-order valence-corrected chi connectivity index (χ3v) is 5.25. The summed E-state index contributed by atoms with van der Waals surface area (Å²) in [6.45, 7) is 1.05. The van der Waals surface area contributed by atoms with E-state index in [-0.39, 0.29) is 0 Å². The molecule has 12 nitrogen and oxygen atoms in total. The van der Waals surface area contributed by atoms with E-state index in [9.17, 15) is 39.5 Å². The molecule has 1 unspecified atom stereocenters. The summed E-state index contributed by atoms with van der Waals surface area (Å²) in [4.78, 5) is 43.9. The topological polar surface area (TPSA) is 190 Å². The number of aromatic amines is 1. The van der Waals surface area contributed by atoms with Gasteiger partial charge in [-0.1, -0.05) is 0 Å². The highest BCUT2D eigenvalue weighted by Gasteiger charge is 2.39. The molecule has 0 aliphatic carbocycles. The van der Waals surface area contributed by atoms with Gasteiger partial charge in [0.1, 0.15) is 17.3 Å². The molecule has 2 aliphatic rings. The number of H-pyrrole nitrogens is 1. The van der Waals surface area contributed by atoms with Crippen LogP contribution in [0.3, 0.4) is 0 Å². The first kappa shape index (κ1) is 35.2. The molecule has 21 heteroatoms. The van der Waals surface area contributed by atoms with Gasteiger partial charge in [-0.25, -0.2) is 24.4 Å². The fraction of sp³-hybridized carbons (Fsp3) is 0.304. The zero-order valence-electron chi connectivity index (χ0n) is 21.5. The summed E-state index contributed by atoms with van der Waals surface area (Å²) in [5.74, 6) is -6.45. The Balaban J connectivity index is 0.000000266. The van der Waals surface area contributed by atoms with Crippen molar-refractivity contribution in [2.75, 3.05) is 11.9 Å². The molecule has 0 spiro atoms. The highest BCUT2D eigenvalue weighted by atomic mass is 19.4. The number of aliphatic carboxylic acids is 3. The van der Waals surface area contributed by atoms with E-state index in [1.54, 1.807) is 6.20 Å². The number of imidazole rings is 1. The first-order valence-corrected chi connectivity index (χ1v) is 11.6. The van der Waals surface area contributed by atoms with Crippen LogP contribution in [0.2, 0.25) is 0 Å². The van der Waals surface area contributed by atoms with Crippen molar-refractivity contribution in [3.63, 3.8) is 0 Å². The van der Waals surface area contributed by atoms with Crippen LogP contribution in [0.4, 0.5) is 51.0 Å². The van der Waals surface area contributed by atoms with E-state index in [4.69, 9.17) is 34.7 Å². The van der Waals surface area contributed by atoms with Gasteiger partial charge in [0.2, 0.25) is 0 Å². The standard InChI is InChI=1S/C17H16N6.3C2HF3O2/c1-3-11-15-14(22-17(23-15)12-4-2-6-19-12)10-5-8-18-9-13(10)21-16(11)20-7-1;3*3-2(4,5)1(6)7/h1,3,5,7-9,12,19H,2,4,6H2,(H,20,21)(H,22,23);3*(H,6,7). The van der Waals surface area contributed by atoms with Gasteiger partial charge in [0.15, 0.2) is 0 Å². The summed E-state index contributed by atoms with van der Waals surface area (Å²) in [6, 6.07) is 6.32. The van der Waals surface area contributed by atoms with Crippen LogP contribution in [0.5, 0.6) is 0 Å². The molecule has 0 amide bonds. The lowest BCUT2D eigenvalue weighted by atomic mass is 10.1. The first-order chi connectivity index (χ1) is 20.2. The average molecular weight is 646 g/mol. The van der Waals surface area contributed by atoms with Crippen LogP contribution in [0.1, 0.15) is 24.7 Å². The van der Waals surface area contributed by atoms with E-state index in [2.05, 4.69) is 31.7 Å². The van der Waals surface area contributed by atoms with E-state index >= 15 is 0 Å². The van der Waals surface area contributed by atoms with Crippen molar-refractivity contribution in [3.8, 4) is 22.5 Å². The maximum absolute atomic E-state index is 10.6. The summed E-state index contributed by atoms with van der Waals surface area (Å²) in [5.41, 5.74) is 5.02. The number of rotatable bonds is 1. The SMILES string of the molecule is O=C(O)C(F)(F)F.O=C(O)C(F)(F)F.O=C(O)C(F)(F)F.c1cnc2c(c1)-c1nc(C3CCCN3)[nH]c1-c1ccncc1N2. The predicted molar refractivity (Wildman–Crippen MR) is 129 cm³/mol. The quantitative estimate of drug-likeness (QED) is 0.154. The van der Waals surface area contributed by atoms with Gasteiger partial charge >= 0.3 is 36.4 Å². The Morgan fingerprint density at radius 1 is 0.818 bits per heavy atom. The number of aromatic nitrogens is 4. The van der Waals surface area contributed by atoms with Gasteiger partial charge in [-0.3, -0.25) is 4.98 Å². The van der Waals surface area contributed by atoms with Crippen molar-refractivity contribution in [1.29, 1.82) is 0 Å². The first-order valence-electron chi connectivity index (χ1n) is 11.6. The lowest BCUT2D eigenvalue weighted by Crippen LogP contribution is -2.21. The van der Waals surface area contributed by atoms with Crippen molar-refractivity contribution >= 4 is 29.4 Å². The van der Waals surface area contributed by atoms with Crippen LogP contribution in [0, 0.1) is 0 Å². The van der Waals surface area contributed by atoms with E-state index < -0.39 is 36.4 Å². The number of hydrogen-bond acceptors (Lipinski definition) is 8. The van der Waals surface area contributed by atoms with Crippen molar-refractivity contribution < 1.29 is 69.2 Å².